The van der Waals surface area contributed by atoms with Crippen molar-refractivity contribution in [3.63, 3.8) is 0 Å². The highest BCUT2D eigenvalue weighted by molar-refractivity contribution is 6.35. The number of anilines is 1. The number of rotatable bonds is 4. The standard InChI is InChI=1S/C15H13ClN2O3/c1-10-5-2-3-6-11(10)9-14(19)17-12-7-4-8-13(15(12)16)18(20)21/h2-8H,9H2,1H3,(H,17,19). The molecule has 0 aliphatic carbocycles. The van der Waals surface area contributed by atoms with E-state index in [0.717, 1.165) is 11.1 Å². The predicted molar refractivity (Wildman–Crippen MR) is 81.6 cm³/mol. The fourth-order valence-corrected chi connectivity index (χ4v) is 2.18. The number of carbonyl (C=O) groups excluding carboxylic acids is 1. The Hall–Kier alpha value is -2.40. The van der Waals surface area contributed by atoms with Crippen molar-refractivity contribution in [1.29, 1.82) is 0 Å². The van der Waals surface area contributed by atoms with Gasteiger partial charge >= 0.3 is 0 Å². The zero-order valence-corrected chi connectivity index (χ0v) is 12.1. The Balaban J connectivity index is 2.15. The van der Waals surface area contributed by atoms with Crippen LogP contribution in [0.15, 0.2) is 42.5 Å². The van der Waals surface area contributed by atoms with Crippen molar-refractivity contribution in [3.05, 3.63) is 68.7 Å². The number of nitro groups is 1. The number of aryl methyl sites for hydroxylation is 1. The highest BCUT2D eigenvalue weighted by atomic mass is 35.5. The summed E-state index contributed by atoms with van der Waals surface area (Å²) in [6.45, 7) is 1.92. The third kappa shape index (κ3) is 3.58. The minimum atomic E-state index is -0.584. The first-order chi connectivity index (χ1) is 9.99. The third-order valence-electron chi connectivity index (χ3n) is 3.06. The second kappa shape index (κ2) is 6.37. The van der Waals surface area contributed by atoms with E-state index in [1.54, 1.807) is 0 Å². The van der Waals surface area contributed by atoms with Gasteiger partial charge in [0.2, 0.25) is 5.91 Å². The number of nitrogens with one attached hydrogen (secondary N) is 1. The van der Waals surface area contributed by atoms with E-state index in [2.05, 4.69) is 5.32 Å². The Morgan fingerprint density at radius 2 is 1.95 bits per heavy atom. The lowest BCUT2D eigenvalue weighted by molar-refractivity contribution is -0.384. The molecule has 0 unspecified atom stereocenters. The molecule has 108 valence electrons. The van der Waals surface area contributed by atoms with Crippen LogP contribution in [0.4, 0.5) is 11.4 Å². The molecule has 0 aliphatic rings. The van der Waals surface area contributed by atoms with Crippen LogP contribution in [-0.4, -0.2) is 10.8 Å². The van der Waals surface area contributed by atoms with E-state index in [9.17, 15) is 14.9 Å². The summed E-state index contributed by atoms with van der Waals surface area (Å²) in [5.41, 5.74) is 1.92. The number of hydrogen-bond acceptors (Lipinski definition) is 3. The molecule has 2 aromatic carbocycles. The number of halogens is 1. The van der Waals surface area contributed by atoms with Crippen LogP contribution in [0.5, 0.6) is 0 Å². The monoisotopic (exact) mass is 304 g/mol. The Morgan fingerprint density at radius 3 is 2.62 bits per heavy atom. The summed E-state index contributed by atoms with van der Waals surface area (Å²) < 4.78 is 0. The maximum absolute atomic E-state index is 12.0. The largest absolute Gasteiger partial charge is 0.324 e. The highest BCUT2D eigenvalue weighted by Crippen LogP contribution is 2.31. The predicted octanol–water partition coefficient (Wildman–Crippen LogP) is 3.74. The molecule has 1 amide bonds. The lowest BCUT2D eigenvalue weighted by atomic mass is 10.1. The van der Waals surface area contributed by atoms with Crippen LogP contribution in [-0.2, 0) is 11.2 Å². The lowest BCUT2D eigenvalue weighted by Gasteiger charge is -2.08. The van der Waals surface area contributed by atoms with E-state index in [0.29, 0.717) is 0 Å². The Morgan fingerprint density at radius 1 is 1.24 bits per heavy atom. The van der Waals surface area contributed by atoms with Gasteiger partial charge in [0.25, 0.3) is 5.69 Å². The van der Waals surface area contributed by atoms with E-state index in [1.165, 1.54) is 18.2 Å². The number of nitrogens with zero attached hydrogens (tertiary/aromatic N) is 1. The van der Waals surface area contributed by atoms with Gasteiger partial charge in [-0.1, -0.05) is 41.9 Å². The molecule has 5 nitrogen and oxygen atoms in total. The van der Waals surface area contributed by atoms with Crippen molar-refractivity contribution in [2.24, 2.45) is 0 Å². The highest BCUT2D eigenvalue weighted by Gasteiger charge is 2.17. The van der Waals surface area contributed by atoms with E-state index in [1.807, 2.05) is 31.2 Å². The zero-order chi connectivity index (χ0) is 15.4. The van der Waals surface area contributed by atoms with Crippen LogP contribution >= 0.6 is 11.6 Å². The average molecular weight is 305 g/mol. The fraction of sp³-hybridized carbons (Fsp3) is 0.133. The smallest absolute Gasteiger partial charge is 0.290 e. The number of benzene rings is 2. The van der Waals surface area contributed by atoms with E-state index in [-0.39, 0.29) is 28.7 Å². The number of carbonyl (C=O) groups is 1. The molecule has 2 aromatic rings. The lowest BCUT2D eigenvalue weighted by Crippen LogP contribution is -2.15. The SMILES string of the molecule is Cc1ccccc1CC(=O)Nc1cccc([N+](=O)[O-])c1Cl. The van der Waals surface area contributed by atoms with Crippen molar-refractivity contribution in [2.75, 3.05) is 5.32 Å². The molecule has 0 aliphatic heterocycles. The Kier molecular flexibility index (Phi) is 4.55. The quantitative estimate of drug-likeness (QED) is 0.691. The first kappa shape index (κ1) is 15.0. The Bertz CT molecular complexity index is 701. The second-order valence-electron chi connectivity index (χ2n) is 4.55. The summed E-state index contributed by atoms with van der Waals surface area (Å²) in [5.74, 6) is -0.272. The van der Waals surface area contributed by atoms with Crippen LogP contribution in [0.25, 0.3) is 0 Å². The first-order valence-electron chi connectivity index (χ1n) is 6.26. The van der Waals surface area contributed by atoms with Crippen molar-refractivity contribution in [3.8, 4) is 0 Å². The van der Waals surface area contributed by atoms with Gasteiger partial charge in [0.1, 0.15) is 5.02 Å². The van der Waals surface area contributed by atoms with Gasteiger partial charge in [-0.25, -0.2) is 0 Å². The van der Waals surface area contributed by atoms with Gasteiger partial charge in [-0.3, -0.25) is 14.9 Å². The van der Waals surface area contributed by atoms with Gasteiger partial charge in [0.15, 0.2) is 0 Å². The molecule has 0 atom stereocenters. The molecule has 2 rings (SSSR count). The average Bonchev–Trinajstić information content (AvgIpc) is 2.43. The van der Waals surface area contributed by atoms with Gasteiger partial charge in [-0.15, -0.1) is 0 Å². The van der Waals surface area contributed by atoms with Crippen molar-refractivity contribution >= 4 is 28.9 Å². The van der Waals surface area contributed by atoms with Gasteiger partial charge in [-0.05, 0) is 24.1 Å². The molecule has 21 heavy (non-hydrogen) atoms. The van der Waals surface area contributed by atoms with Crippen LogP contribution in [0.2, 0.25) is 5.02 Å². The van der Waals surface area contributed by atoms with E-state index >= 15 is 0 Å². The summed E-state index contributed by atoms with van der Waals surface area (Å²) in [4.78, 5) is 22.2. The molecule has 0 saturated heterocycles. The van der Waals surface area contributed by atoms with Gasteiger partial charge in [0.05, 0.1) is 17.0 Å². The molecule has 0 saturated carbocycles. The molecular formula is C15H13ClN2O3. The van der Waals surface area contributed by atoms with Crippen LogP contribution in [0, 0.1) is 17.0 Å². The summed E-state index contributed by atoms with van der Waals surface area (Å²) >= 11 is 5.93. The van der Waals surface area contributed by atoms with Crippen molar-refractivity contribution < 1.29 is 9.72 Å². The summed E-state index contributed by atoms with van der Waals surface area (Å²) in [6.07, 6.45) is 0.186. The maximum atomic E-state index is 12.0. The molecule has 0 aromatic heterocycles. The summed E-state index contributed by atoms with van der Waals surface area (Å²) in [7, 11) is 0. The van der Waals surface area contributed by atoms with Gasteiger partial charge < -0.3 is 5.32 Å². The minimum Gasteiger partial charge on any atom is -0.324 e. The number of nitro benzene ring substituents is 1. The summed E-state index contributed by atoms with van der Waals surface area (Å²) in [6, 6.07) is 11.8. The summed E-state index contributed by atoms with van der Waals surface area (Å²) in [5, 5.41) is 13.3. The molecule has 0 spiro atoms. The van der Waals surface area contributed by atoms with Crippen LogP contribution < -0.4 is 5.32 Å². The molecule has 0 radical (unpaired) electrons. The molecule has 0 heterocycles. The molecular weight excluding hydrogens is 292 g/mol. The van der Waals surface area contributed by atoms with E-state index < -0.39 is 4.92 Å². The van der Waals surface area contributed by atoms with Crippen molar-refractivity contribution in [1.82, 2.24) is 0 Å². The normalized spacial score (nSPS) is 10.2. The van der Waals surface area contributed by atoms with E-state index in [4.69, 9.17) is 11.6 Å². The van der Waals surface area contributed by atoms with Gasteiger partial charge in [-0.2, -0.15) is 0 Å². The topological polar surface area (TPSA) is 72.2 Å². The van der Waals surface area contributed by atoms with Crippen LogP contribution in [0.3, 0.4) is 0 Å². The minimum absolute atomic E-state index is 0.0689. The molecule has 6 heteroatoms. The second-order valence-corrected chi connectivity index (χ2v) is 4.93. The molecule has 0 fully saturated rings. The zero-order valence-electron chi connectivity index (χ0n) is 11.3. The van der Waals surface area contributed by atoms with Crippen molar-refractivity contribution in [2.45, 2.75) is 13.3 Å². The molecule has 1 N–H and O–H groups in total. The molecule has 0 bridgehead atoms. The Labute approximate surface area is 126 Å². The fourth-order valence-electron chi connectivity index (χ4n) is 1.93. The number of hydrogen-bond donors (Lipinski definition) is 1. The third-order valence-corrected chi connectivity index (χ3v) is 3.46. The maximum Gasteiger partial charge on any atom is 0.290 e. The number of amides is 1. The first-order valence-corrected chi connectivity index (χ1v) is 6.64. The van der Waals surface area contributed by atoms with Gasteiger partial charge in [0, 0.05) is 6.07 Å². The van der Waals surface area contributed by atoms with Crippen LogP contribution in [0.1, 0.15) is 11.1 Å².